The molecule has 0 aliphatic carbocycles. The molecule has 2 aromatic carbocycles. The quantitative estimate of drug-likeness (QED) is 0.785. The summed E-state index contributed by atoms with van der Waals surface area (Å²) in [6.07, 6.45) is 0. The summed E-state index contributed by atoms with van der Waals surface area (Å²) in [6.45, 7) is 1.37. The third-order valence-corrected chi connectivity index (χ3v) is 3.18. The molecule has 0 saturated heterocycles. The van der Waals surface area contributed by atoms with Gasteiger partial charge in [0.2, 0.25) is 0 Å². The standard InChI is InChI=1S/C14H13Cl2FN2/c15-11-3-1-2-4-14(11)19-8-7-18-10-5-6-13(17)12(16)9-10/h1-6,9,18-19H,7-8H2. The van der Waals surface area contributed by atoms with Gasteiger partial charge in [-0.25, -0.2) is 4.39 Å². The summed E-state index contributed by atoms with van der Waals surface area (Å²) in [5.74, 6) is -0.415. The van der Waals surface area contributed by atoms with Gasteiger partial charge < -0.3 is 10.6 Å². The van der Waals surface area contributed by atoms with E-state index in [1.54, 1.807) is 12.1 Å². The molecule has 0 aliphatic heterocycles. The van der Waals surface area contributed by atoms with Crippen molar-refractivity contribution in [1.82, 2.24) is 0 Å². The van der Waals surface area contributed by atoms with Crippen molar-refractivity contribution < 1.29 is 4.39 Å². The number of hydrogen-bond donors (Lipinski definition) is 2. The van der Waals surface area contributed by atoms with Gasteiger partial charge in [0.05, 0.1) is 15.7 Å². The predicted molar refractivity (Wildman–Crippen MR) is 79.8 cm³/mol. The molecule has 0 saturated carbocycles. The van der Waals surface area contributed by atoms with Crippen LogP contribution >= 0.6 is 23.2 Å². The summed E-state index contributed by atoms with van der Waals surface area (Å²) in [5.41, 5.74) is 1.68. The molecular formula is C14H13Cl2FN2. The Labute approximate surface area is 121 Å². The van der Waals surface area contributed by atoms with Crippen molar-refractivity contribution in [2.45, 2.75) is 0 Å². The lowest BCUT2D eigenvalue weighted by atomic mass is 10.3. The normalized spacial score (nSPS) is 10.3. The highest BCUT2D eigenvalue weighted by molar-refractivity contribution is 6.33. The number of hydrogen-bond acceptors (Lipinski definition) is 2. The Morgan fingerprint density at radius 2 is 1.63 bits per heavy atom. The molecule has 0 fully saturated rings. The fraction of sp³-hybridized carbons (Fsp3) is 0.143. The molecule has 0 unspecified atom stereocenters. The second-order valence-electron chi connectivity index (χ2n) is 3.96. The molecule has 5 heteroatoms. The third kappa shape index (κ3) is 4.01. The van der Waals surface area contributed by atoms with Crippen LogP contribution in [-0.2, 0) is 0 Å². The van der Waals surface area contributed by atoms with Gasteiger partial charge in [0, 0.05) is 18.8 Å². The molecule has 2 aromatic rings. The van der Waals surface area contributed by atoms with Crippen LogP contribution < -0.4 is 10.6 Å². The fourth-order valence-electron chi connectivity index (χ4n) is 1.61. The van der Waals surface area contributed by atoms with Crippen LogP contribution in [0, 0.1) is 5.82 Å². The van der Waals surface area contributed by atoms with Crippen LogP contribution in [-0.4, -0.2) is 13.1 Å². The van der Waals surface area contributed by atoms with Crippen LogP contribution in [0.2, 0.25) is 10.0 Å². The molecule has 0 aliphatic rings. The van der Waals surface area contributed by atoms with Crippen LogP contribution in [0.1, 0.15) is 0 Å². The zero-order chi connectivity index (χ0) is 13.7. The Balaban J connectivity index is 1.81. The van der Waals surface area contributed by atoms with Gasteiger partial charge in [0.25, 0.3) is 0 Å². The van der Waals surface area contributed by atoms with Gasteiger partial charge in [-0.1, -0.05) is 35.3 Å². The summed E-state index contributed by atoms with van der Waals surface area (Å²) in [6, 6.07) is 12.1. The smallest absolute Gasteiger partial charge is 0.141 e. The molecule has 100 valence electrons. The number of benzene rings is 2. The first kappa shape index (κ1) is 14.0. The lowest BCUT2D eigenvalue weighted by Gasteiger charge is -2.10. The number of rotatable bonds is 5. The predicted octanol–water partition coefficient (Wildman–Crippen LogP) is 4.66. The lowest BCUT2D eigenvalue weighted by Crippen LogP contribution is -2.13. The molecule has 0 bridgehead atoms. The van der Waals surface area contributed by atoms with Gasteiger partial charge in [-0.05, 0) is 30.3 Å². The van der Waals surface area contributed by atoms with E-state index >= 15 is 0 Å². The zero-order valence-corrected chi connectivity index (χ0v) is 11.6. The van der Waals surface area contributed by atoms with E-state index in [0.717, 1.165) is 11.4 Å². The van der Waals surface area contributed by atoms with Crippen molar-refractivity contribution in [3.63, 3.8) is 0 Å². The molecule has 0 aromatic heterocycles. The van der Waals surface area contributed by atoms with Crippen LogP contribution in [0.25, 0.3) is 0 Å². The number of nitrogens with one attached hydrogen (secondary N) is 2. The van der Waals surface area contributed by atoms with Gasteiger partial charge in [-0.3, -0.25) is 0 Å². The Morgan fingerprint density at radius 3 is 2.37 bits per heavy atom. The zero-order valence-electron chi connectivity index (χ0n) is 10.1. The minimum Gasteiger partial charge on any atom is -0.383 e. The second-order valence-corrected chi connectivity index (χ2v) is 4.78. The minimum absolute atomic E-state index is 0.115. The number of anilines is 2. The van der Waals surface area contributed by atoms with Gasteiger partial charge in [0.15, 0.2) is 0 Å². The van der Waals surface area contributed by atoms with Crippen LogP contribution in [0.3, 0.4) is 0 Å². The van der Waals surface area contributed by atoms with E-state index in [1.807, 2.05) is 24.3 Å². The molecule has 2 N–H and O–H groups in total. The fourth-order valence-corrected chi connectivity index (χ4v) is 2.00. The number of halogens is 3. The summed E-state index contributed by atoms with van der Waals surface area (Å²) >= 11 is 11.7. The maximum Gasteiger partial charge on any atom is 0.141 e. The highest BCUT2D eigenvalue weighted by Gasteiger charge is 2.00. The van der Waals surface area contributed by atoms with Crippen molar-refractivity contribution >= 4 is 34.6 Å². The van der Waals surface area contributed by atoms with Gasteiger partial charge in [0.1, 0.15) is 5.82 Å². The van der Waals surface area contributed by atoms with Crippen molar-refractivity contribution in [3.8, 4) is 0 Å². The second kappa shape index (κ2) is 6.64. The van der Waals surface area contributed by atoms with E-state index in [2.05, 4.69) is 10.6 Å². The molecule has 2 nitrogen and oxygen atoms in total. The Hall–Kier alpha value is -1.45. The van der Waals surface area contributed by atoms with Gasteiger partial charge >= 0.3 is 0 Å². The highest BCUT2D eigenvalue weighted by Crippen LogP contribution is 2.20. The molecule has 19 heavy (non-hydrogen) atoms. The van der Waals surface area contributed by atoms with Crippen LogP contribution in [0.5, 0.6) is 0 Å². The van der Waals surface area contributed by atoms with Crippen LogP contribution in [0.4, 0.5) is 15.8 Å². The van der Waals surface area contributed by atoms with Crippen LogP contribution in [0.15, 0.2) is 42.5 Å². The van der Waals surface area contributed by atoms with Gasteiger partial charge in [-0.15, -0.1) is 0 Å². The largest absolute Gasteiger partial charge is 0.383 e. The van der Waals surface area contributed by atoms with E-state index in [-0.39, 0.29) is 5.02 Å². The highest BCUT2D eigenvalue weighted by atomic mass is 35.5. The lowest BCUT2D eigenvalue weighted by molar-refractivity contribution is 0.628. The average Bonchev–Trinajstić information content (AvgIpc) is 2.40. The summed E-state index contributed by atoms with van der Waals surface area (Å²) in [4.78, 5) is 0. The topological polar surface area (TPSA) is 24.1 Å². The summed E-state index contributed by atoms with van der Waals surface area (Å²) in [5, 5.41) is 7.16. The maximum atomic E-state index is 13.0. The first-order valence-corrected chi connectivity index (χ1v) is 6.60. The third-order valence-electron chi connectivity index (χ3n) is 2.56. The summed E-state index contributed by atoms with van der Waals surface area (Å²) in [7, 11) is 0. The Bertz CT molecular complexity index is 561. The Morgan fingerprint density at radius 1 is 0.895 bits per heavy atom. The molecule has 0 atom stereocenters. The minimum atomic E-state index is -0.415. The van der Waals surface area contributed by atoms with E-state index in [4.69, 9.17) is 23.2 Å². The molecule has 2 rings (SSSR count). The maximum absolute atomic E-state index is 13.0. The van der Waals surface area contributed by atoms with Crippen molar-refractivity contribution in [2.75, 3.05) is 23.7 Å². The van der Waals surface area contributed by atoms with Crippen molar-refractivity contribution in [3.05, 3.63) is 58.3 Å². The first-order valence-electron chi connectivity index (χ1n) is 5.84. The van der Waals surface area contributed by atoms with Gasteiger partial charge in [-0.2, -0.15) is 0 Å². The van der Waals surface area contributed by atoms with E-state index in [0.29, 0.717) is 18.1 Å². The molecule has 0 spiro atoms. The Kier molecular flexibility index (Phi) is 4.88. The molecule has 0 radical (unpaired) electrons. The van der Waals surface area contributed by atoms with Crippen molar-refractivity contribution in [1.29, 1.82) is 0 Å². The van der Waals surface area contributed by atoms with E-state index in [9.17, 15) is 4.39 Å². The van der Waals surface area contributed by atoms with E-state index < -0.39 is 5.82 Å². The van der Waals surface area contributed by atoms with E-state index in [1.165, 1.54) is 6.07 Å². The number of para-hydroxylation sites is 1. The summed E-state index contributed by atoms with van der Waals surface area (Å²) < 4.78 is 13.0. The first-order chi connectivity index (χ1) is 9.16. The molecular weight excluding hydrogens is 286 g/mol. The monoisotopic (exact) mass is 298 g/mol. The molecule has 0 amide bonds. The molecule has 0 heterocycles. The average molecular weight is 299 g/mol. The van der Waals surface area contributed by atoms with Crippen molar-refractivity contribution in [2.24, 2.45) is 0 Å². The SMILES string of the molecule is Fc1ccc(NCCNc2ccccc2Cl)cc1Cl.